The molecule has 0 spiro atoms. The first-order chi connectivity index (χ1) is 11.5. The van der Waals surface area contributed by atoms with Crippen molar-refractivity contribution < 1.29 is 14.3 Å². The number of hydrazine groups is 1. The summed E-state index contributed by atoms with van der Waals surface area (Å²) < 4.78 is 5.51. The number of rotatable bonds is 5. The lowest BCUT2D eigenvalue weighted by Gasteiger charge is -2.11. The van der Waals surface area contributed by atoms with Crippen molar-refractivity contribution in [3.63, 3.8) is 0 Å². The van der Waals surface area contributed by atoms with Gasteiger partial charge in [-0.15, -0.1) is 11.3 Å². The molecular weight excluding hydrogens is 324 g/mol. The molecule has 0 atom stereocenters. The van der Waals surface area contributed by atoms with E-state index in [0.717, 1.165) is 16.0 Å². The van der Waals surface area contributed by atoms with E-state index < -0.39 is 11.8 Å². The van der Waals surface area contributed by atoms with Crippen LogP contribution in [-0.2, 0) is 9.59 Å². The largest absolute Gasteiger partial charge is 0.483 e. The third-order valence-corrected chi connectivity index (χ3v) is 4.21. The highest BCUT2D eigenvalue weighted by Crippen LogP contribution is 2.22. The van der Waals surface area contributed by atoms with Gasteiger partial charge >= 0.3 is 0 Å². The normalized spacial score (nSPS) is 10.6. The molecule has 0 unspecified atom stereocenters. The van der Waals surface area contributed by atoms with E-state index in [2.05, 4.69) is 10.9 Å². The second-order valence-electron chi connectivity index (χ2n) is 5.33. The summed E-state index contributed by atoms with van der Waals surface area (Å²) in [5.41, 5.74) is 6.56. The first kappa shape index (κ1) is 17.7. The number of carbonyl (C=O) groups is 2. The molecule has 24 heavy (non-hydrogen) atoms. The number of amides is 2. The molecule has 2 rings (SSSR count). The average molecular weight is 344 g/mol. The van der Waals surface area contributed by atoms with Crippen LogP contribution in [0.3, 0.4) is 0 Å². The van der Waals surface area contributed by atoms with Gasteiger partial charge in [0.15, 0.2) is 6.61 Å². The number of nitrogens with one attached hydrogen (secondary N) is 2. The highest BCUT2D eigenvalue weighted by molar-refractivity contribution is 7.12. The molecule has 2 N–H and O–H groups in total. The van der Waals surface area contributed by atoms with E-state index in [1.54, 1.807) is 17.4 Å². The Morgan fingerprint density at radius 3 is 2.42 bits per heavy atom. The molecule has 2 aromatic rings. The summed E-state index contributed by atoms with van der Waals surface area (Å²) in [4.78, 5) is 25.6. The molecule has 6 heteroatoms. The predicted octanol–water partition coefficient (Wildman–Crippen LogP) is 2.91. The zero-order valence-electron chi connectivity index (χ0n) is 13.9. The molecule has 1 aromatic carbocycles. The fourth-order valence-electron chi connectivity index (χ4n) is 2.07. The second kappa shape index (κ2) is 8.31. The third-order valence-electron chi connectivity index (χ3n) is 3.24. The van der Waals surface area contributed by atoms with Crippen LogP contribution in [-0.4, -0.2) is 18.4 Å². The predicted molar refractivity (Wildman–Crippen MR) is 95.8 cm³/mol. The molecule has 0 aliphatic heterocycles. The van der Waals surface area contributed by atoms with Crippen LogP contribution in [0.4, 0.5) is 0 Å². The lowest BCUT2D eigenvalue weighted by molar-refractivity contribution is -0.128. The van der Waals surface area contributed by atoms with Gasteiger partial charge in [-0.1, -0.05) is 18.2 Å². The van der Waals surface area contributed by atoms with Crippen LogP contribution in [0.25, 0.3) is 6.08 Å². The van der Waals surface area contributed by atoms with Gasteiger partial charge in [0.05, 0.1) is 0 Å². The maximum atomic E-state index is 11.7. The van der Waals surface area contributed by atoms with Crippen molar-refractivity contribution >= 4 is 29.2 Å². The maximum absolute atomic E-state index is 11.7. The highest BCUT2D eigenvalue weighted by Gasteiger charge is 2.07. The molecule has 0 radical (unpaired) electrons. The van der Waals surface area contributed by atoms with Crippen molar-refractivity contribution in [2.45, 2.75) is 20.8 Å². The van der Waals surface area contributed by atoms with E-state index in [9.17, 15) is 9.59 Å². The molecule has 5 nitrogen and oxygen atoms in total. The first-order valence-corrected chi connectivity index (χ1v) is 8.29. The number of ether oxygens (including phenoxy) is 1. The lowest BCUT2D eigenvalue weighted by Crippen LogP contribution is -2.43. The minimum Gasteiger partial charge on any atom is -0.483 e. The van der Waals surface area contributed by atoms with Crippen LogP contribution in [0, 0.1) is 20.8 Å². The third kappa shape index (κ3) is 5.24. The Labute approximate surface area is 145 Å². The molecule has 0 saturated heterocycles. The summed E-state index contributed by atoms with van der Waals surface area (Å²) >= 11 is 1.59. The Kier molecular flexibility index (Phi) is 6.14. The number of benzene rings is 1. The van der Waals surface area contributed by atoms with Gasteiger partial charge in [0.1, 0.15) is 5.75 Å². The summed E-state index contributed by atoms with van der Waals surface area (Å²) in [6.45, 7) is 5.66. The Morgan fingerprint density at radius 2 is 1.79 bits per heavy atom. The van der Waals surface area contributed by atoms with E-state index >= 15 is 0 Å². The van der Waals surface area contributed by atoms with Crippen molar-refractivity contribution in [3.05, 3.63) is 57.3 Å². The zero-order chi connectivity index (χ0) is 17.5. The standard InChI is InChI=1S/C18H20N2O3S/c1-12-5-4-6-13(2)18(12)23-11-17(22)20-19-16(21)10-9-15-8-7-14(3)24-15/h4-10H,11H2,1-3H3,(H,19,21)(H,20,22)/b10-9+. The van der Waals surface area contributed by atoms with Gasteiger partial charge in [0, 0.05) is 15.8 Å². The monoisotopic (exact) mass is 344 g/mol. The van der Waals surface area contributed by atoms with E-state index in [0.29, 0.717) is 5.75 Å². The van der Waals surface area contributed by atoms with Crippen LogP contribution in [0.15, 0.2) is 36.4 Å². The Bertz CT molecular complexity index is 745. The summed E-state index contributed by atoms with van der Waals surface area (Å²) in [7, 11) is 0. The van der Waals surface area contributed by atoms with Gasteiger partial charge in [-0.2, -0.15) is 0 Å². The van der Waals surface area contributed by atoms with Crippen LogP contribution >= 0.6 is 11.3 Å². The Hall–Kier alpha value is -2.60. The fraction of sp³-hybridized carbons (Fsp3) is 0.222. The summed E-state index contributed by atoms with van der Waals surface area (Å²) in [6, 6.07) is 9.67. The van der Waals surface area contributed by atoms with Gasteiger partial charge in [-0.3, -0.25) is 20.4 Å². The molecule has 0 bridgehead atoms. The van der Waals surface area contributed by atoms with Crippen LogP contribution in [0.5, 0.6) is 5.75 Å². The average Bonchev–Trinajstić information content (AvgIpc) is 2.96. The van der Waals surface area contributed by atoms with Gasteiger partial charge in [-0.05, 0) is 50.1 Å². The molecule has 2 amide bonds. The quantitative estimate of drug-likeness (QED) is 0.647. The number of para-hydroxylation sites is 1. The van der Waals surface area contributed by atoms with Crippen molar-refractivity contribution in [3.8, 4) is 5.75 Å². The molecule has 126 valence electrons. The van der Waals surface area contributed by atoms with Crippen LogP contribution in [0.2, 0.25) is 0 Å². The van der Waals surface area contributed by atoms with Crippen LogP contribution < -0.4 is 15.6 Å². The van der Waals surface area contributed by atoms with Crippen molar-refractivity contribution in [2.75, 3.05) is 6.61 Å². The van der Waals surface area contributed by atoms with Crippen molar-refractivity contribution in [1.82, 2.24) is 10.9 Å². The molecule has 0 saturated carbocycles. The van der Waals surface area contributed by atoms with E-state index in [4.69, 9.17) is 4.74 Å². The molecule has 0 fully saturated rings. The Balaban J connectivity index is 1.76. The summed E-state index contributed by atoms with van der Waals surface area (Å²) in [5.74, 6) is -0.139. The Morgan fingerprint density at radius 1 is 1.08 bits per heavy atom. The van der Waals surface area contributed by atoms with Crippen molar-refractivity contribution in [2.24, 2.45) is 0 Å². The lowest BCUT2D eigenvalue weighted by atomic mass is 10.1. The van der Waals surface area contributed by atoms with Gasteiger partial charge in [0.2, 0.25) is 0 Å². The van der Waals surface area contributed by atoms with E-state index in [-0.39, 0.29) is 6.61 Å². The minimum atomic E-state index is -0.425. The molecule has 0 aliphatic rings. The van der Waals surface area contributed by atoms with E-state index in [1.165, 1.54) is 11.0 Å². The second-order valence-corrected chi connectivity index (χ2v) is 6.65. The first-order valence-electron chi connectivity index (χ1n) is 7.48. The number of carbonyl (C=O) groups excluding carboxylic acids is 2. The minimum absolute atomic E-state index is 0.167. The van der Waals surface area contributed by atoms with Gasteiger partial charge in [-0.25, -0.2) is 0 Å². The van der Waals surface area contributed by atoms with Gasteiger partial charge < -0.3 is 4.74 Å². The summed E-state index contributed by atoms with van der Waals surface area (Å²) in [6.07, 6.45) is 3.07. The van der Waals surface area contributed by atoms with Crippen LogP contribution in [0.1, 0.15) is 20.9 Å². The molecule has 1 heterocycles. The number of aryl methyl sites for hydroxylation is 3. The maximum Gasteiger partial charge on any atom is 0.276 e. The topological polar surface area (TPSA) is 67.4 Å². The molecule has 0 aliphatic carbocycles. The number of hydrogen-bond acceptors (Lipinski definition) is 4. The molecular formula is C18H20N2O3S. The highest BCUT2D eigenvalue weighted by atomic mass is 32.1. The van der Waals surface area contributed by atoms with Gasteiger partial charge in [0.25, 0.3) is 11.8 Å². The number of thiophene rings is 1. The smallest absolute Gasteiger partial charge is 0.276 e. The number of hydrogen-bond donors (Lipinski definition) is 2. The summed E-state index contributed by atoms with van der Waals surface area (Å²) in [5, 5.41) is 0. The zero-order valence-corrected chi connectivity index (χ0v) is 14.7. The fourth-order valence-corrected chi connectivity index (χ4v) is 2.85. The SMILES string of the molecule is Cc1ccc(/C=C/C(=O)NNC(=O)COc2c(C)cccc2C)s1. The van der Waals surface area contributed by atoms with Crippen molar-refractivity contribution in [1.29, 1.82) is 0 Å². The molecule has 1 aromatic heterocycles. The van der Waals surface area contributed by atoms with E-state index in [1.807, 2.05) is 51.1 Å².